The first kappa shape index (κ1) is 12.1. The summed E-state index contributed by atoms with van der Waals surface area (Å²) in [6.07, 6.45) is 9.28. The molecule has 1 N–H and O–H groups in total. The number of hydrogen-bond acceptors (Lipinski definition) is 2. The van der Waals surface area contributed by atoms with Gasteiger partial charge in [0.25, 0.3) is 0 Å². The molecule has 16 heavy (non-hydrogen) atoms. The standard InChI is InChI=1S/C14H25NO/c1-3-11-8-12-4-5-14(13(9-11)10-12)15-6-7-16-2/h8,12-15H,3-7,9-10H2,1-2H3. The summed E-state index contributed by atoms with van der Waals surface area (Å²) < 4.78 is 5.11. The van der Waals surface area contributed by atoms with Crippen LogP contribution in [-0.2, 0) is 4.74 Å². The lowest BCUT2D eigenvalue weighted by atomic mass is 9.70. The van der Waals surface area contributed by atoms with Gasteiger partial charge in [0.1, 0.15) is 0 Å². The zero-order valence-electron chi connectivity index (χ0n) is 10.7. The van der Waals surface area contributed by atoms with Gasteiger partial charge in [0.2, 0.25) is 0 Å². The lowest BCUT2D eigenvalue weighted by Crippen LogP contribution is -2.43. The number of nitrogens with one attached hydrogen (secondary N) is 1. The molecule has 2 aliphatic carbocycles. The molecule has 2 rings (SSSR count). The summed E-state index contributed by atoms with van der Waals surface area (Å²) in [6, 6.07) is 0.738. The monoisotopic (exact) mass is 223 g/mol. The first-order valence-corrected chi connectivity index (χ1v) is 6.75. The Morgan fingerprint density at radius 3 is 3.06 bits per heavy atom. The maximum atomic E-state index is 5.11. The van der Waals surface area contributed by atoms with Gasteiger partial charge in [-0.3, -0.25) is 0 Å². The smallest absolute Gasteiger partial charge is 0.0587 e. The third-order valence-corrected chi connectivity index (χ3v) is 4.19. The largest absolute Gasteiger partial charge is 0.383 e. The van der Waals surface area contributed by atoms with E-state index in [4.69, 9.17) is 4.74 Å². The zero-order valence-corrected chi connectivity index (χ0v) is 10.7. The Morgan fingerprint density at radius 1 is 1.44 bits per heavy atom. The second kappa shape index (κ2) is 5.83. The number of fused-ring (bicyclic) bond motifs is 2. The molecule has 0 heterocycles. The van der Waals surface area contributed by atoms with E-state index in [1.165, 1.54) is 32.1 Å². The fourth-order valence-electron chi connectivity index (χ4n) is 3.29. The summed E-state index contributed by atoms with van der Waals surface area (Å²) in [5.41, 5.74) is 1.69. The van der Waals surface area contributed by atoms with E-state index in [-0.39, 0.29) is 0 Å². The quantitative estimate of drug-likeness (QED) is 0.571. The van der Waals surface area contributed by atoms with Gasteiger partial charge >= 0.3 is 0 Å². The van der Waals surface area contributed by atoms with Crippen LogP contribution in [0.25, 0.3) is 0 Å². The first-order chi connectivity index (χ1) is 7.83. The van der Waals surface area contributed by atoms with Gasteiger partial charge in [-0.15, -0.1) is 0 Å². The molecule has 0 radical (unpaired) electrons. The van der Waals surface area contributed by atoms with Crippen LogP contribution >= 0.6 is 0 Å². The molecule has 0 aliphatic heterocycles. The Kier molecular flexibility index (Phi) is 4.42. The molecule has 2 bridgehead atoms. The van der Waals surface area contributed by atoms with Gasteiger partial charge in [-0.25, -0.2) is 0 Å². The van der Waals surface area contributed by atoms with Crippen LogP contribution in [0.15, 0.2) is 11.6 Å². The van der Waals surface area contributed by atoms with Crippen LogP contribution in [0.1, 0.15) is 39.0 Å². The molecule has 0 aromatic rings. The molecule has 1 saturated carbocycles. The van der Waals surface area contributed by atoms with Gasteiger partial charge in [0.15, 0.2) is 0 Å². The number of hydrogen-bond donors (Lipinski definition) is 1. The Bertz CT molecular complexity index is 249. The molecule has 0 saturated heterocycles. The van der Waals surface area contributed by atoms with E-state index in [0.717, 1.165) is 31.0 Å². The molecular weight excluding hydrogens is 198 g/mol. The van der Waals surface area contributed by atoms with E-state index in [0.29, 0.717) is 0 Å². The fourth-order valence-corrected chi connectivity index (χ4v) is 3.29. The highest BCUT2D eigenvalue weighted by molar-refractivity contribution is 5.12. The van der Waals surface area contributed by atoms with Crippen molar-refractivity contribution in [2.75, 3.05) is 20.3 Å². The van der Waals surface area contributed by atoms with E-state index in [9.17, 15) is 0 Å². The molecule has 2 aliphatic rings. The number of ether oxygens (including phenoxy) is 1. The maximum Gasteiger partial charge on any atom is 0.0587 e. The Hall–Kier alpha value is -0.340. The Labute approximate surface area is 99.4 Å². The van der Waals surface area contributed by atoms with Gasteiger partial charge in [-0.1, -0.05) is 18.6 Å². The van der Waals surface area contributed by atoms with Gasteiger partial charge in [-0.2, -0.15) is 0 Å². The van der Waals surface area contributed by atoms with Crippen LogP contribution in [0.4, 0.5) is 0 Å². The van der Waals surface area contributed by atoms with Crippen molar-refractivity contribution < 1.29 is 4.74 Å². The van der Waals surface area contributed by atoms with Gasteiger partial charge in [0.05, 0.1) is 6.61 Å². The summed E-state index contributed by atoms with van der Waals surface area (Å²) in [6.45, 7) is 4.14. The van der Waals surface area contributed by atoms with E-state index < -0.39 is 0 Å². The average molecular weight is 223 g/mol. The summed E-state index contributed by atoms with van der Waals surface area (Å²) >= 11 is 0. The van der Waals surface area contributed by atoms with Crippen molar-refractivity contribution in [1.82, 2.24) is 5.32 Å². The molecule has 3 unspecified atom stereocenters. The summed E-state index contributed by atoms with van der Waals surface area (Å²) in [4.78, 5) is 0. The molecule has 0 spiro atoms. The Balaban J connectivity index is 1.87. The van der Waals surface area contributed by atoms with E-state index in [1.807, 2.05) is 0 Å². The molecule has 92 valence electrons. The molecule has 0 amide bonds. The van der Waals surface area contributed by atoms with Crippen molar-refractivity contribution in [3.05, 3.63) is 11.6 Å². The third-order valence-electron chi connectivity index (χ3n) is 4.19. The van der Waals surface area contributed by atoms with Crippen LogP contribution in [0.5, 0.6) is 0 Å². The van der Waals surface area contributed by atoms with Crippen LogP contribution in [-0.4, -0.2) is 26.3 Å². The van der Waals surface area contributed by atoms with Crippen molar-refractivity contribution in [2.45, 2.75) is 45.1 Å². The highest BCUT2D eigenvalue weighted by Crippen LogP contribution is 2.39. The van der Waals surface area contributed by atoms with Crippen LogP contribution < -0.4 is 5.32 Å². The second-order valence-electron chi connectivity index (χ2n) is 5.27. The summed E-state index contributed by atoms with van der Waals surface area (Å²) in [5, 5.41) is 3.67. The number of rotatable bonds is 5. The SMILES string of the molecule is CCC1=CC2CCC(NCCOC)C(C1)C2. The van der Waals surface area contributed by atoms with Crippen molar-refractivity contribution in [3.8, 4) is 0 Å². The normalized spacial score (nSPS) is 33.6. The topological polar surface area (TPSA) is 21.3 Å². The Morgan fingerprint density at radius 2 is 2.31 bits per heavy atom. The van der Waals surface area contributed by atoms with Crippen molar-refractivity contribution >= 4 is 0 Å². The van der Waals surface area contributed by atoms with Crippen LogP contribution in [0.3, 0.4) is 0 Å². The van der Waals surface area contributed by atoms with Crippen molar-refractivity contribution in [1.29, 1.82) is 0 Å². The highest BCUT2D eigenvalue weighted by Gasteiger charge is 2.32. The van der Waals surface area contributed by atoms with Crippen LogP contribution in [0, 0.1) is 11.8 Å². The predicted molar refractivity (Wildman–Crippen MR) is 67.5 cm³/mol. The zero-order chi connectivity index (χ0) is 11.4. The lowest BCUT2D eigenvalue weighted by molar-refractivity contribution is 0.169. The highest BCUT2D eigenvalue weighted by atomic mass is 16.5. The molecule has 2 heteroatoms. The number of methoxy groups -OCH3 is 1. The summed E-state index contributed by atoms with van der Waals surface area (Å²) in [5.74, 6) is 1.77. The number of allylic oxidation sites excluding steroid dienone is 2. The molecule has 0 aromatic carbocycles. The minimum atomic E-state index is 0.738. The molecule has 2 nitrogen and oxygen atoms in total. The molecule has 3 atom stereocenters. The fraction of sp³-hybridized carbons (Fsp3) is 0.857. The van der Waals surface area contributed by atoms with E-state index in [1.54, 1.807) is 12.7 Å². The average Bonchev–Trinajstić information content (AvgIpc) is 2.32. The van der Waals surface area contributed by atoms with E-state index >= 15 is 0 Å². The second-order valence-corrected chi connectivity index (χ2v) is 5.27. The van der Waals surface area contributed by atoms with Gasteiger partial charge in [-0.05, 0) is 43.9 Å². The third kappa shape index (κ3) is 2.86. The summed E-state index contributed by atoms with van der Waals surface area (Å²) in [7, 11) is 1.77. The maximum absolute atomic E-state index is 5.11. The van der Waals surface area contributed by atoms with Crippen molar-refractivity contribution in [2.24, 2.45) is 11.8 Å². The van der Waals surface area contributed by atoms with E-state index in [2.05, 4.69) is 18.3 Å². The molecular formula is C14H25NO. The van der Waals surface area contributed by atoms with Gasteiger partial charge < -0.3 is 10.1 Å². The van der Waals surface area contributed by atoms with Crippen LogP contribution in [0.2, 0.25) is 0 Å². The lowest BCUT2D eigenvalue weighted by Gasteiger charge is -2.40. The minimum absolute atomic E-state index is 0.738. The predicted octanol–water partition coefficient (Wildman–Crippen LogP) is 2.75. The molecule has 0 aromatic heterocycles. The van der Waals surface area contributed by atoms with Gasteiger partial charge in [0, 0.05) is 19.7 Å². The van der Waals surface area contributed by atoms with Crippen molar-refractivity contribution in [3.63, 3.8) is 0 Å². The molecule has 1 fully saturated rings. The first-order valence-electron chi connectivity index (χ1n) is 6.75. The minimum Gasteiger partial charge on any atom is -0.383 e.